The van der Waals surface area contributed by atoms with Crippen LogP contribution in [-0.2, 0) is 0 Å². The SMILES string of the molecule is CC(C)CNCC1CCCC(C)CC1. The molecule has 0 aliphatic heterocycles. The minimum absolute atomic E-state index is 0.791. The van der Waals surface area contributed by atoms with Gasteiger partial charge in [0.05, 0.1) is 0 Å². The maximum absolute atomic E-state index is 3.60. The molecule has 14 heavy (non-hydrogen) atoms. The molecular formula is C13H27N. The quantitative estimate of drug-likeness (QED) is 0.681. The lowest BCUT2D eigenvalue weighted by molar-refractivity contribution is 0.404. The van der Waals surface area contributed by atoms with Gasteiger partial charge in [-0.1, -0.05) is 40.0 Å². The molecule has 1 fully saturated rings. The van der Waals surface area contributed by atoms with Crippen LogP contribution in [0.3, 0.4) is 0 Å². The molecule has 2 atom stereocenters. The first-order valence-corrected chi connectivity index (χ1v) is 6.39. The third-order valence-electron chi connectivity index (χ3n) is 3.36. The average molecular weight is 197 g/mol. The van der Waals surface area contributed by atoms with Crippen molar-refractivity contribution in [1.29, 1.82) is 0 Å². The molecule has 1 nitrogen and oxygen atoms in total. The largest absolute Gasteiger partial charge is 0.316 e. The van der Waals surface area contributed by atoms with Gasteiger partial charge in [0.2, 0.25) is 0 Å². The molecule has 0 aromatic rings. The Kier molecular flexibility index (Phi) is 5.54. The normalized spacial score (nSPS) is 29.1. The molecule has 0 amide bonds. The van der Waals surface area contributed by atoms with E-state index in [-0.39, 0.29) is 0 Å². The highest BCUT2D eigenvalue weighted by Gasteiger charge is 2.15. The van der Waals surface area contributed by atoms with E-state index in [0.717, 1.165) is 17.8 Å². The monoisotopic (exact) mass is 197 g/mol. The Bertz CT molecular complexity index is 142. The van der Waals surface area contributed by atoms with Gasteiger partial charge in [-0.15, -0.1) is 0 Å². The summed E-state index contributed by atoms with van der Waals surface area (Å²) < 4.78 is 0. The van der Waals surface area contributed by atoms with E-state index in [0.29, 0.717) is 0 Å². The summed E-state index contributed by atoms with van der Waals surface area (Å²) in [7, 11) is 0. The van der Waals surface area contributed by atoms with E-state index in [1.807, 2.05) is 0 Å². The lowest BCUT2D eigenvalue weighted by atomic mass is 9.99. The van der Waals surface area contributed by atoms with Crippen molar-refractivity contribution < 1.29 is 0 Å². The smallest absolute Gasteiger partial charge is 0.00204 e. The Hall–Kier alpha value is -0.0400. The highest BCUT2D eigenvalue weighted by Crippen LogP contribution is 2.26. The number of hydrogen-bond donors (Lipinski definition) is 1. The van der Waals surface area contributed by atoms with E-state index in [9.17, 15) is 0 Å². The van der Waals surface area contributed by atoms with Crippen LogP contribution in [0.1, 0.15) is 52.9 Å². The van der Waals surface area contributed by atoms with E-state index >= 15 is 0 Å². The summed E-state index contributed by atoms with van der Waals surface area (Å²) in [6.07, 6.45) is 7.27. The Balaban J connectivity index is 2.11. The van der Waals surface area contributed by atoms with Crippen LogP contribution in [-0.4, -0.2) is 13.1 Å². The molecule has 0 radical (unpaired) electrons. The molecule has 1 heteroatoms. The third-order valence-corrected chi connectivity index (χ3v) is 3.36. The van der Waals surface area contributed by atoms with Crippen LogP contribution in [0.4, 0.5) is 0 Å². The van der Waals surface area contributed by atoms with Crippen molar-refractivity contribution in [3.8, 4) is 0 Å². The van der Waals surface area contributed by atoms with Crippen LogP contribution in [0, 0.1) is 17.8 Å². The molecule has 0 aromatic carbocycles. The maximum atomic E-state index is 3.60. The number of nitrogens with one attached hydrogen (secondary N) is 1. The van der Waals surface area contributed by atoms with Gasteiger partial charge in [-0.25, -0.2) is 0 Å². The van der Waals surface area contributed by atoms with Gasteiger partial charge < -0.3 is 5.32 Å². The molecule has 2 unspecified atom stereocenters. The second-order valence-electron chi connectivity index (χ2n) is 5.53. The Labute approximate surface area is 89.7 Å². The third kappa shape index (κ3) is 4.99. The van der Waals surface area contributed by atoms with Crippen LogP contribution in [0.2, 0.25) is 0 Å². The number of rotatable bonds is 4. The highest BCUT2D eigenvalue weighted by molar-refractivity contribution is 4.70. The van der Waals surface area contributed by atoms with Gasteiger partial charge in [0.15, 0.2) is 0 Å². The van der Waals surface area contributed by atoms with Crippen LogP contribution in [0.5, 0.6) is 0 Å². The summed E-state index contributed by atoms with van der Waals surface area (Å²) in [5.74, 6) is 2.73. The van der Waals surface area contributed by atoms with Crippen LogP contribution in [0.25, 0.3) is 0 Å². The van der Waals surface area contributed by atoms with E-state index in [4.69, 9.17) is 0 Å². The molecule has 1 aliphatic carbocycles. The fraction of sp³-hybridized carbons (Fsp3) is 1.00. The molecule has 1 N–H and O–H groups in total. The van der Waals surface area contributed by atoms with Gasteiger partial charge >= 0.3 is 0 Å². The Morgan fingerprint density at radius 2 is 1.93 bits per heavy atom. The van der Waals surface area contributed by atoms with Gasteiger partial charge in [0.25, 0.3) is 0 Å². The lowest BCUT2D eigenvalue weighted by Crippen LogP contribution is -2.26. The summed E-state index contributed by atoms with van der Waals surface area (Å²) >= 11 is 0. The zero-order chi connectivity index (χ0) is 10.4. The van der Waals surface area contributed by atoms with E-state index in [2.05, 4.69) is 26.1 Å². The molecule has 1 aliphatic rings. The fourth-order valence-electron chi connectivity index (χ4n) is 2.34. The zero-order valence-corrected chi connectivity index (χ0v) is 10.2. The standard InChI is InChI=1S/C13H27N/c1-11(2)9-14-10-13-6-4-5-12(3)7-8-13/h11-14H,4-10H2,1-3H3. The molecule has 0 aromatic heterocycles. The van der Waals surface area contributed by atoms with Crippen molar-refractivity contribution in [2.75, 3.05) is 13.1 Å². The molecule has 1 rings (SSSR count). The van der Waals surface area contributed by atoms with E-state index < -0.39 is 0 Å². The minimum Gasteiger partial charge on any atom is -0.316 e. The highest BCUT2D eigenvalue weighted by atomic mass is 14.9. The fourth-order valence-corrected chi connectivity index (χ4v) is 2.34. The average Bonchev–Trinajstić information content (AvgIpc) is 2.30. The lowest BCUT2D eigenvalue weighted by Gasteiger charge is -2.16. The van der Waals surface area contributed by atoms with Crippen molar-refractivity contribution in [3.63, 3.8) is 0 Å². The first kappa shape index (κ1) is 12.0. The van der Waals surface area contributed by atoms with Crippen molar-refractivity contribution in [2.45, 2.75) is 52.9 Å². The van der Waals surface area contributed by atoms with Crippen molar-refractivity contribution in [1.82, 2.24) is 5.32 Å². The Morgan fingerprint density at radius 3 is 2.64 bits per heavy atom. The predicted octanol–water partition coefficient (Wildman–Crippen LogP) is 3.45. The van der Waals surface area contributed by atoms with Gasteiger partial charge in [-0.05, 0) is 43.7 Å². The maximum Gasteiger partial charge on any atom is -0.00204 e. The summed E-state index contributed by atoms with van der Waals surface area (Å²) in [4.78, 5) is 0. The van der Waals surface area contributed by atoms with Crippen LogP contribution < -0.4 is 5.32 Å². The summed E-state index contributed by atoms with van der Waals surface area (Å²) in [5.41, 5.74) is 0. The molecule has 0 spiro atoms. The zero-order valence-electron chi connectivity index (χ0n) is 10.2. The van der Waals surface area contributed by atoms with E-state index in [1.165, 1.54) is 45.2 Å². The topological polar surface area (TPSA) is 12.0 Å². The van der Waals surface area contributed by atoms with Gasteiger partial charge in [-0.3, -0.25) is 0 Å². The molecule has 0 heterocycles. The van der Waals surface area contributed by atoms with Crippen LogP contribution >= 0.6 is 0 Å². The Morgan fingerprint density at radius 1 is 1.14 bits per heavy atom. The summed E-state index contributed by atoms with van der Waals surface area (Å²) in [5, 5.41) is 3.60. The van der Waals surface area contributed by atoms with Crippen molar-refractivity contribution >= 4 is 0 Å². The molecule has 84 valence electrons. The van der Waals surface area contributed by atoms with Crippen molar-refractivity contribution in [2.24, 2.45) is 17.8 Å². The summed E-state index contributed by atoms with van der Waals surface area (Å²) in [6.45, 7) is 9.41. The van der Waals surface area contributed by atoms with E-state index in [1.54, 1.807) is 0 Å². The van der Waals surface area contributed by atoms with Gasteiger partial charge in [0.1, 0.15) is 0 Å². The molecule has 0 saturated heterocycles. The number of hydrogen-bond acceptors (Lipinski definition) is 1. The predicted molar refractivity (Wildman–Crippen MR) is 63.4 cm³/mol. The first-order valence-electron chi connectivity index (χ1n) is 6.39. The molecule has 0 bridgehead atoms. The van der Waals surface area contributed by atoms with Gasteiger partial charge in [-0.2, -0.15) is 0 Å². The molecule has 1 saturated carbocycles. The van der Waals surface area contributed by atoms with Crippen LogP contribution in [0.15, 0.2) is 0 Å². The second kappa shape index (κ2) is 6.44. The summed E-state index contributed by atoms with van der Waals surface area (Å²) in [6, 6.07) is 0. The second-order valence-corrected chi connectivity index (χ2v) is 5.53. The van der Waals surface area contributed by atoms with Gasteiger partial charge in [0, 0.05) is 0 Å². The minimum atomic E-state index is 0.791. The molecular weight excluding hydrogens is 170 g/mol. The van der Waals surface area contributed by atoms with Crippen molar-refractivity contribution in [3.05, 3.63) is 0 Å². The first-order chi connectivity index (χ1) is 6.68.